The van der Waals surface area contributed by atoms with Crippen LogP contribution in [0.15, 0.2) is 15.7 Å². The molecular weight excluding hydrogens is 256 g/mol. The largest absolute Gasteiger partial charge is 0.330 e. The first-order valence-corrected chi connectivity index (χ1v) is 7.20. The Kier molecular flexibility index (Phi) is 6.42. The summed E-state index contributed by atoms with van der Waals surface area (Å²) in [6.45, 7) is 4.05. The van der Waals surface area contributed by atoms with Gasteiger partial charge in [-0.05, 0) is 26.7 Å². The zero-order valence-corrected chi connectivity index (χ0v) is 12.6. The summed E-state index contributed by atoms with van der Waals surface area (Å²) in [6.07, 6.45) is 5.70. The molecule has 0 atom stereocenters. The zero-order valence-electron chi connectivity index (χ0n) is 12.6. The van der Waals surface area contributed by atoms with Crippen molar-refractivity contribution in [2.45, 2.75) is 58.9 Å². The molecule has 1 aromatic rings. The number of nitrogens with zero attached hydrogens (tertiary/aromatic N) is 2. The summed E-state index contributed by atoms with van der Waals surface area (Å²) in [5.74, 6) is 0.248. The number of aryl methyl sites for hydroxylation is 1. The normalized spacial score (nSPS) is 10.8. The molecule has 0 amide bonds. The van der Waals surface area contributed by atoms with Crippen LogP contribution in [0.25, 0.3) is 0 Å². The number of carbonyl (C=O) groups excluding carboxylic acids is 1. The molecule has 0 saturated carbocycles. The van der Waals surface area contributed by atoms with Crippen molar-refractivity contribution in [1.82, 2.24) is 9.13 Å². The summed E-state index contributed by atoms with van der Waals surface area (Å²) >= 11 is 0. The molecule has 1 aromatic heterocycles. The van der Waals surface area contributed by atoms with Crippen LogP contribution < -0.4 is 11.2 Å². The first-order valence-electron chi connectivity index (χ1n) is 7.20. The third-order valence-corrected chi connectivity index (χ3v) is 3.52. The molecule has 1 heterocycles. The van der Waals surface area contributed by atoms with Crippen LogP contribution in [0.4, 0.5) is 0 Å². The van der Waals surface area contributed by atoms with Crippen molar-refractivity contribution in [1.29, 1.82) is 0 Å². The van der Waals surface area contributed by atoms with E-state index in [1.54, 1.807) is 18.4 Å². The average molecular weight is 280 g/mol. The lowest BCUT2D eigenvalue weighted by molar-refractivity contribution is -0.117. The van der Waals surface area contributed by atoms with Gasteiger partial charge in [0.1, 0.15) is 5.78 Å². The molecule has 1 rings (SSSR count). The van der Waals surface area contributed by atoms with Gasteiger partial charge in [-0.25, -0.2) is 4.79 Å². The van der Waals surface area contributed by atoms with Crippen LogP contribution in [0, 0.1) is 6.92 Å². The first-order chi connectivity index (χ1) is 9.43. The minimum Gasteiger partial charge on any atom is -0.300 e. The molecule has 0 aliphatic heterocycles. The van der Waals surface area contributed by atoms with Crippen molar-refractivity contribution >= 4 is 5.78 Å². The maximum Gasteiger partial charge on any atom is 0.330 e. The fourth-order valence-corrected chi connectivity index (χ4v) is 2.23. The van der Waals surface area contributed by atoms with Gasteiger partial charge in [-0.2, -0.15) is 0 Å². The van der Waals surface area contributed by atoms with Gasteiger partial charge in [-0.3, -0.25) is 13.9 Å². The molecule has 0 radical (unpaired) electrons. The van der Waals surface area contributed by atoms with E-state index in [1.165, 1.54) is 13.1 Å². The van der Waals surface area contributed by atoms with E-state index in [2.05, 4.69) is 0 Å². The molecule has 20 heavy (non-hydrogen) atoms. The number of hydrogen-bond donors (Lipinski definition) is 0. The Morgan fingerprint density at radius 2 is 1.70 bits per heavy atom. The topological polar surface area (TPSA) is 61.1 Å². The fourth-order valence-electron chi connectivity index (χ4n) is 2.23. The van der Waals surface area contributed by atoms with E-state index in [9.17, 15) is 14.4 Å². The Hall–Kier alpha value is -1.65. The molecule has 0 fully saturated rings. The highest BCUT2D eigenvalue weighted by atomic mass is 16.2. The van der Waals surface area contributed by atoms with Crippen molar-refractivity contribution in [3.05, 3.63) is 32.6 Å². The van der Waals surface area contributed by atoms with Gasteiger partial charge in [0, 0.05) is 31.8 Å². The molecule has 0 saturated heterocycles. The summed E-state index contributed by atoms with van der Waals surface area (Å²) in [4.78, 5) is 34.2. The number of carbonyl (C=O) groups is 1. The second-order valence-corrected chi connectivity index (χ2v) is 5.34. The lowest BCUT2D eigenvalue weighted by atomic mass is 10.1. The lowest BCUT2D eigenvalue weighted by Crippen LogP contribution is -2.38. The molecule has 0 spiro atoms. The predicted octanol–water partition coefficient (Wildman–Crippen LogP) is 1.79. The van der Waals surface area contributed by atoms with E-state index < -0.39 is 0 Å². The van der Waals surface area contributed by atoms with Gasteiger partial charge in [0.15, 0.2) is 0 Å². The standard InChI is InChI=1S/C15H24N2O3/c1-12-11-14(19)16(3)15(20)17(12)10-8-6-4-5-7-9-13(2)18/h11H,4-10H2,1-3H3. The molecular formula is C15H24N2O3. The van der Waals surface area contributed by atoms with Gasteiger partial charge < -0.3 is 4.79 Å². The van der Waals surface area contributed by atoms with E-state index in [4.69, 9.17) is 0 Å². The predicted molar refractivity (Wildman–Crippen MR) is 79.1 cm³/mol. The van der Waals surface area contributed by atoms with Crippen LogP contribution >= 0.6 is 0 Å². The Morgan fingerprint density at radius 1 is 1.10 bits per heavy atom. The molecule has 112 valence electrons. The lowest BCUT2D eigenvalue weighted by Gasteiger charge is -2.10. The van der Waals surface area contributed by atoms with Crippen molar-refractivity contribution < 1.29 is 4.79 Å². The number of hydrogen-bond acceptors (Lipinski definition) is 3. The zero-order chi connectivity index (χ0) is 15.1. The molecule has 0 aromatic carbocycles. The molecule has 0 aliphatic rings. The van der Waals surface area contributed by atoms with Gasteiger partial charge in [0.05, 0.1) is 0 Å². The SMILES string of the molecule is CC(=O)CCCCCCCn1c(C)cc(=O)n(C)c1=O. The van der Waals surface area contributed by atoms with Crippen molar-refractivity contribution in [3.63, 3.8) is 0 Å². The summed E-state index contributed by atoms with van der Waals surface area (Å²) in [5.41, 5.74) is 0.217. The van der Waals surface area contributed by atoms with E-state index in [1.807, 2.05) is 0 Å². The van der Waals surface area contributed by atoms with E-state index in [-0.39, 0.29) is 17.0 Å². The Labute approximate surface area is 119 Å². The maximum absolute atomic E-state index is 11.9. The van der Waals surface area contributed by atoms with E-state index >= 15 is 0 Å². The molecule has 0 unspecified atom stereocenters. The number of ketones is 1. The minimum absolute atomic E-state index is 0.244. The Balaban J connectivity index is 2.40. The summed E-state index contributed by atoms with van der Waals surface area (Å²) in [6, 6.07) is 1.49. The molecule has 5 nitrogen and oxygen atoms in total. The Morgan fingerprint density at radius 3 is 2.35 bits per heavy atom. The monoisotopic (exact) mass is 280 g/mol. The second-order valence-electron chi connectivity index (χ2n) is 5.34. The van der Waals surface area contributed by atoms with Crippen LogP contribution in [0.1, 0.15) is 51.1 Å². The third-order valence-electron chi connectivity index (χ3n) is 3.52. The number of unbranched alkanes of at least 4 members (excludes halogenated alkanes) is 4. The van der Waals surface area contributed by atoms with Gasteiger partial charge in [0.2, 0.25) is 0 Å². The molecule has 0 bridgehead atoms. The first kappa shape index (κ1) is 16.4. The average Bonchev–Trinajstić information content (AvgIpc) is 2.38. The van der Waals surface area contributed by atoms with Crippen molar-refractivity contribution in [3.8, 4) is 0 Å². The molecule has 5 heteroatoms. The minimum atomic E-state index is -0.256. The second kappa shape index (κ2) is 7.82. The van der Waals surface area contributed by atoms with E-state index in [0.717, 1.165) is 42.4 Å². The molecule has 0 N–H and O–H groups in total. The van der Waals surface area contributed by atoms with Gasteiger partial charge in [0.25, 0.3) is 5.56 Å². The van der Waals surface area contributed by atoms with Crippen LogP contribution in [0.5, 0.6) is 0 Å². The quantitative estimate of drug-likeness (QED) is 0.682. The highest BCUT2D eigenvalue weighted by Crippen LogP contribution is 2.06. The molecule has 0 aliphatic carbocycles. The summed E-state index contributed by atoms with van der Waals surface area (Å²) < 4.78 is 2.79. The highest BCUT2D eigenvalue weighted by molar-refractivity contribution is 5.75. The van der Waals surface area contributed by atoms with Crippen molar-refractivity contribution in [2.24, 2.45) is 7.05 Å². The van der Waals surface area contributed by atoms with Crippen LogP contribution in [0.2, 0.25) is 0 Å². The fraction of sp³-hybridized carbons (Fsp3) is 0.667. The van der Waals surface area contributed by atoms with Crippen LogP contribution in [-0.4, -0.2) is 14.9 Å². The van der Waals surface area contributed by atoms with Gasteiger partial charge >= 0.3 is 5.69 Å². The van der Waals surface area contributed by atoms with E-state index in [0.29, 0.717) is 13.0 Å². The van der Waals surface area contributed by atoms with Gasteiger partial charge in [-0.15, -0.1) is 0 Å². The third kappa shape index (κ3) is 4.79. The highest BCUT2D eigenvalue weighted by Gasteiger charge is 2.05. The van der Waals surface area contributed by atoms with Crippen LogP contribution in [0.3, 0.4) is 0 Å². The van der Waals surface area contributed by atoms with Crippen LogP contribution in [-0.2, 0) is 18.4 Å². The maximum atomic E-state index is 11.9. The number of Topliss-reactive ketones (excluding diaryl/α,β-unsaturated/α-hetero) is 1. The summed E-state index contributed by atoms with van der Waals surface area (Å²) in [5, 5.41) is 0. The Bertz CT molecular complexity index is 569. The number of rotatable bonds is 8. The number of aromatic nitrogens is 2. The van der Waals surface area contributed by atoms with Gasteiger partial charge in [-0.1, -0.05) is 19.3 Å². The summed E-state index contributed by atoms with van der Waals surface area (Å²) in [7, 11) is 1.50. The smallest absolute Gasteiger partial charge is 0.300 e. The van der Waals surface area contributed by atoms with Crippen molar-refractivity contribution in [2.75, 3.05) is 0 Å².